The summed E-state index contributed by atoms with van der Waals surface area (Å²) >= 11 is 0. The third kappa shape index (κ3) is 3.75. The molecule has 1 aromatic carbocycles. The van der Waals surface area contributed by atoms with Gasteiger partial charge >= 0.3 is 12.4 Å². The monoisotopic (exact) mass is 290 g/mol. The SMILES string of the molecule is N#CC(C#N)=Cc1cc(C(F)(F)F)cc(C(F)(F)F)c1. The van der Waals surface area contributed by atoms with Crippen LogP contribution in [0.2, 0.25) is 0 Å². The standard InChI is InChI=1S/C12H4F6N2/c13-11(14,15)9-2-7(1-8(5-19)6-20)3-10(4-9)12(16,17)18/h1-4H. The van der Waals surface area contributed by atoms with Crippen molar-refractivity contribution in [3.63, 3.8) is 0 Å². The minimum atomic E-state index is -4.97. The van der Waals surface area contributed by atoms with E-state index in [1.54, 1.807) is 0 Å². The Hall–Kier alpha value is -2.48. The molecule has 0 fully saturated rings. The fraction of sp³-hybridized carbons (Fsp3) is 0.167. The van der Waals surface area contributed by atoms with E-state index in [1.165, 1.54) is 12.1 Å². The number of nitrogens with zero attached hydrogens (tertiary/aromatic N) is 2. The lowest BCUT2D eigenvalue weighted by Crippen LogP contribution is -2.11. The second kappa shape index (κ2) is 5.25. The van der Waals surface area contributed by atoms with E-state index in [4.69, 9.17) is 10.5 Å². The number of alkyl halides is 6. The second-order valence-electron chi connectivity index (χ2n) is 3.62. The van der Waals surface area contributed by atoms with Gasteiger partial charge in [0.15, 0.2) is 0 Å². The molecule has 0 aromatic heterocycles. The molecule has 0 saturated heterocycles. The van der Waals surface area contributed by atoms with Gasteiger partial charge in [-0.1, -0.05) is 0 Å². The number of allylic oxidation sites excluding steroid dienone is 1. The maximum Gasteiger partial charge on any atom is 0.416 e. The number of benzene rings is 1. The van der Waals surface area contributed by atoms with Crippen LogP contribution in [0.3, 0.4) is 0 Å². The third-order valence-electron chi connectivity index (χ3n) is 2.16. The van der Waals surface area contributed by atoms with Gasteiger partial charge in [0, 0.05) is 0 Å². The largest absolute Gasteiger partial charge is 0.416 e. The van der Waals surface area contributed by atoms with E-state index in [9.17, 15) is 26.3 Å². The molecule has 0 aliphatic carbocycles. The summed E-state index contributed by atoms with van der Waals surface area (Å²) in [4.78, 5) is 0. The molecule has 1 rings (SSSR count). The van der Waals surface area contributed by atoms with Crippen molar-refractivity contribution in [2.75, 3.05) is 0 Å². The fourth-order valence-electron chi connectivity index (χ4n) is 1.32. The molecule has 8 heteroatoms. The molecule has 2 nitrogen and oxygen atoms in total. The summed E-state index contributed by atoms with van der Waals surface area (Å²) in [7, 11) is 0. The molecule has 1 aromatic rings. The van der Waals surface area contributed by atoms with Gasteiger partial charge in [-0.3, -0.25) is 0 Å². The Morgan fingerprint density at radius 3 is 1.55 bits per heavy atom. The minimum Gasteiger partial charge on any atom is -0.192 e. The first-order chi connectivity index (χ1) is 9.07. The molecule has 0 amide bonds. The number of hydrogen-bond donors (Lipinski definition) is 0. The highest BCUT2D eigenvalue weighted by Gasteiger charge is 2.36. The van der Waals surface area contributed by atoms with Gasteiger partial charge in [0.2, 0.25) is 0 Å². The smallest absolute Gasteiger partial charge is 0.192 e. The van der Waals surface area contributed by atoms with Gasteiger partial charge in [-0.15, -0.1) is 0 Å². The van der Waals surface area contributed by atoms with Gasteiger partial charge in [-0.25, -0.2) is 0 Å². The van der Waals surface area contributed by atoms with Crippen LogP contribution in [0, 0.1) is 22.7 Å². The Kier molecular flexibility index (Phi) is 4.09. The summed E-state index contributed by atoms with van der Waals surface area (Å²) in [5.74, 6) is 0. The van der Waals surface area contributed by atoms with Crippen molar-refractivity contribution in [1.29, 1.82) is 10.5 Å². The van der Waals surface area contributed by atoms with Crippen molar-refractivity contribution in [2.45, 2.75) is 12.4 Å². The zero-order valence-electron chi connectivity index (χ0n) is 9.47. The zero-order chi connectivity index (χ0) is 15.6. The number of hydrogen-bond acceptors (Lipinski definition) is 2. The van der Waals surface area contributed by atoms with Gasteiger partial charge in [0.05, 0.1) is 11.1 Å². The predicted octanol–water partition coefficient (Wildman–Crippen LogP) is 4.15. The van der Waals surface area contributed by atoms with Crippen LogP contribution in [-0.4, -0.2) is 0 Å². The average molecular weight is 290 g/mol. The lowest BCUT2D eigenvalue weighted by molar-refractivity contribution is -0.143. The van der Waals surface area contributed by atoms with E-state index in [1.807, 2.05) is 0 Å². The summed E-state index contributed by atoms with van der Waals surface area (Å²) in [6, 6.07) is 3.55. The number of halogens is 6. The molecule has 104 valence electrons. The molecular formula is C12H4F6N2. The molecule has 0 unspecified atom stereocenters. The van der Waals surface area contributed by atoms with Crippen molar-refractivity contribution in [1.82, 2.24) is 0 Å². The summed E-state index contributed by atoms with van der Waals surface area (Å²) in [5.41, 5.74) is -4.13. The zero-order valence-corrected chi connectivity index (χ0v) is 9.47. The fourth-order valence-corrected chi connectivity index (χ4v) is 1.32. The third-order valence-corrected chi connectivity index (χ3v) is 2.16. The van der Waals surface area contributed by atoms with Crippen LogP contribution in [-0.2, 0) is 12.4 Å². The van der Waals surface area contributed by atoms with Crippen molar-refractivity contribution >= 4 is 6.08 Å². The molecule has 0 radical (unpaired) electrons. The van der Waals surface area contributed by atoms with Crippen molar-refractivity contribution < 1.29 is 26.3 Å². The molecule has 0 heterocycles. The molecule has 0 spiro atoms. The highest BCUT2D eigenvalue weighted by atomic mass is 19.4. The first-order valence-corrected chi connectivity index (χ1v) is 4.89. The highest BCUT2D eigenvalue weighted by molar-refractivity contribution is 5.63. The van der Waals surface area contributed by atoms with Crippen LogP contribution in [0.15, 0.2) is 23.8 Å². The van der Waals surface area contributed by atoms with Crippen LogP contribution < -0.4 is 0 Å². The lowest BCUT2D eigenvalue weighted by Gasteiger charge is -2.12. The first kappa shape index (κ1) is 15.6. The van der Waals surface area contributed by atoms with E-state index in [0.29, 0.717) is 18.2 Å². The average Bonchev–Trinajstić information content (AvgIpc) is 2.33. The van der Waals surface area contributed by atoms with E-state index in [0.717, 1.165) is 0 Å². The van der Waals surface area contributed by atoms with Gasteiger partial charge in [-0.05, 0) is 29.8 Å². The maximum atomic E-state index is 12.5. The molecular weight excluding hydrogens is 286 g/mol. The van der Waals surface area contributed by atoms with Crippen LogP contribution in [0.25, 0.3) is 6.08 Å². The first-order valence-electron chi connectivity index (χ1n) is 4.89. The Balaban J connectivity index is 3.52. The Bertz CT molecular complexity index is 577. The van der Waals surface area contributed by atoms with Crippen molar-refractivity contribution in [3.05, 3.63) is 40.5 Å². The van der Waals surface area contributed by atoms with Gasteiger partial charge < -0.3 is 0 Å². The molecule has 0 aliphatic rings. The molecule has 0 atom stereocenters. The van der Waals surface area contributed by atoms with Gasteiger partial charge in [0.1, 0.15) is 17.7 Å². The van der Waals surface area contributed by atoms with Gasteiger partial charge in [-0.2, -0.15) is 36.9 Å². The van der Waals surface area contributed by atoms with Crippen molar-refractivity contribution in [2.24, 2.45) is 0 Å². The van der Waals surface area contributed by atoms with Crippen LogP contribution >= 0.6 is 0 Å². The van der Waals surface area contributed by atoms with Crippen molar-refractivity contribution in [3.8, 4) is 12.1 Å². The van der Waals surface area contributed by atoms with E-state index in [-0.39, 0.29) is 6.07 Å². The van der Waals surface area contributed by atoms with E-state index in [2.05, 4.69) is 0 Å². The molecule has 0 saturated carbocycles. The number of rotatable bonds is 1. The minimum absolute atomic E-state index is 0.0320. The summed E-state index contributed by atoms with van der Waals surface area (Å²) < 4.78 is 75.1. The van der Waals surface area contributed by atoms with Crippen LogP contribution in [0.4, 0.5) is 26.3 Å². The van der Waals surface area contributed by atoms with Crippen LogP contribution in [0.1, 0.15) is 16.7 Å². The van der Waals surface area contributed by atoms with Crippen LogP contribution in [0.5, 0.6) is 0 Å². The summed E-state index contributed by atoms with van der Waals surface area (Å²) in [6.45, 7) is 0. The highest BCUT2D eigenvalue weighted by Crippen LogP contribution is 2.36. The molecule has 0 aliphatic heterocycles. The normalized spacial score (nSPS) is 11.4. The Morgan fingerprint density at radius 1 is 0.850 bits per heavy atom. The van der Waals surface area contributed by atoms with E-state index < -0.39 is 34.6 Å². The lowest BCUT2D eigenvalue weighted by atomic mass is 10.0. The Labute approximate surface area is 109 Å². The maximum absolute atomic E-state index is 12.5. The number of nitriles is 2. The molecule has 0 bridgehead atoms. The quantitative estimate of drug-likeness (QED) is 0.576. The predicted molar refractivity (Wildman–Crippen MR) is 55.6 cm³/mol. The molecule has 20 heavy (non-hydrogen) atoms. The van der Waals surface area contributed by atoms with Gasteiger partial charge in [0.25, 0.3) is 0 Å². The second-order valence-corrected chi connectivity index (χ2v) is 3.62. The molecule has 0 N–H and O–H groups in total. The van der Waals surface area contributed by atoms with E-state index >= 15 is 0 Å². The summed E-state index contributed by atoms with van der Waals surface area (Å²) in [6.07, 6.45) is -9.28. The Morgan fingerprint density at radius 2 is 1.25 bits per heavy atom. The topological polar surface area (TPSA) is 47.6 Å². The summed E-state index contributed by atoms with van der Waals surface area (Å²) in [5, 5.41) is 16.9.